The third-order valence-corrected chi connectivity index (χ3v) is 4.34. The largest absolute Gasteiger partial charge is 0.390 e. The molecule has 18 heavy (non-hydrogen) atoms. The Kier molecular flexibility index (Phi) is 9.76. The monoisotopic (exact) mass is 258 g/mol. The van der Waals surface area contributed by atoms with Crippen molar-refractivity contribution >= 4 is 0 Å². The molecule has 0 aromatic carbocycles. The Hall–Kier alpha value is -0.0800. The van der Waals surface area contributed by atoms with Gasteiger partial charge in [-0.15, -0.1) is 0 Å². The van der Waals surface area contributed by atoms with E-state index in [1.54, 1.807) is 0 Å². The summed E-state index contributed by atoms with van der Waals surface area (Å²) in [5, 5.41) is 10.6. The minimum atomic E-state index is -0.325. The van der Waals surface area contributed by atoms with Gasteiger partial charge >= 0.3 is 0 Å². The van der Waals surface area contributed by atoms with E-state index in [4.69, 9.17) is 4.74 Å². The van der Waals surface area contributed by atoms with Gasteiger partial charge in [-0.1, -0.05) is 53.4 Å². The van der Waals surface area contributed by atoms with Crippen molar-refractivity contribution in [2.45, 2.75) is 91.3 Å². The van der Waals surface area contributed by atoms with Gasteiger partial charge in [0.2, 0.25) is 0 Å². The highest BCUT2D eigenvalue weighted by molar-refractivity contribution is 4.87. The second-order valence-corrected chi connectivity index (χ2v) is 5.37. The van der Waals surface area contributed by atoms with Gasteiger partial charge < -0.3 is 9.84 Å². The average Bonchev–Trinajstić information content (AvgIpc) is 2.40. The molecule has 0 spiro atoms. The first-order valence-electron chi connectivity index (χ1n) is 7.92. The van der Waals surface area contributed by atoms with Crippen molar-refractivity contribution < 1.29 is 9.84 Å². The van der Waals surface area contributed by atoms with Crippen LogP contribution in [0.15, 0.2) is 0 Å². The molecule has 2 atom stereocenters. The zero-order valence-electron chi connectivity index (χ0n) is 13.2. The van der Waals surface area contributed by atoms with E-state index in [9.17, 15) is 5.11 Å². The summed E-state index contributed by atoms with van der Waals surface area (Å²) in [6.07, 6.45) is 7.25. The molecule has 0 aromatic rings. The van der Waals surface area contributed by atoms with Crippen LogP contribution in [0.3, 0.4) is 0 Å². The summed E-state index contributed by atoms with van der Waals surface area (Å²) in [6.45, 7) is 11.4. The van der Waals surface area contributed by atoms with E-state index >= 15 is 0 Å². The van der Waals surface area contributed by atoms with Gasteiger partial charge in [-0.3, -0.25) is 0 Å². The van der Waals surface area contributed by atoms with Crippen molar-refractivity contribution in [1.29, 1.82) is 0 Å². The summed E-state index contributed by atoms with van der Waals surface area (Å²) in [6, 6.07) is 0. The van der Waals surface area contributed by atoms with E-state index < -0.39 is 0 Å². The lowest BCUT2D eigenvalue weighted by molar-refractivity contribution is -0.131. The van der Waals surface area contributed by atoms with Gasteiger partial charge in [-0.05, 0) is 32.1 Å². The lowest BCUT2D eigenvalue weighted by atomic mass is 9.82. The Morgan fingerprint density at radius 2 is 1.67 bits per heavy atom. The summed E-state index contributed by atoms with van der Waals surface area (Å²) in [7, 11) is 0. The van der Waals surface area contributed by atoms with Gasteiger partial charge in [0.15, 0.2) is 0 Å². The Balaban J connectivity index is 4.50. The van der Waals surface area contributed by atoms with Crippen molar-refractivity contribution in [3.63, 3.8) is 0 Å². The Bertz CT molecular complexity index is 188. The number of rotatable bonds is 11. The number of aliphatic hydroxyl groups excluding tert-OH is 1. The van der Waals surface area contributed by atoms with Crippen molar-refractivity contribution in [1.82, 2.24) is 0 Å². The second kappa shape index (κ2) is 9.80. The molecule has 0 radical (unpaired) electrons. The summed E-state index contributed by atoms with van der Waals surface area (Å²) in [4.78, 5) is 0. The Labute approximate surface area is 114 Å². The normalized spacial score (nSPS) is 15.7. The third-order valence-electron chi connectivity index (χ3n) is 4.34. The Morgan fingerprint density at radius 1 is 1.06 bits per heavy atom. The van der Waals surface area contributed by atoms with E-state index in [-0.39, 0.29) is 11.7 Å². The maximum Gasteiger partial charge on any atom is 0.0934 e. The zero-order chi connectivity index (χ0) is 14.0. The summed E-state index contributed by atoms with van der Waals surface area (Å²) in [5.74, 6) is 0.637. The second-order valence-electron chi connectivity index (χ2n) is 5.37. The molecule has 110 valence electrons. The number of hydrogen-bond donors (Lipinski definition) is 1. The highest BCUT2D eigenvalue weighted by Gasteiger charge is 2.36. The van der Waals surface area contributed by atoms with E-state index in [1.807, 2.05) is 6.92 Å². The zero-order valence-corrected chi connectivity index (χ0v) is 13.2. The van der Waals surface area contributed by atoms with Gasteiger partial charge in [0.05, 0.1) is 11.7 Å². The lowest BCUT2D eigenvalue weighted by Crippen LogP contribution is -2.45. The van der Waals surface area contributed by atoms with E-state index in [2.05, 4.69) is 27.7 Å². The van der Waals surface area contributed by atoms with Crippen LogP contribution in [0.2, 0.25) is 0 Å². The summed E-state index contributed by atoms with van der Waals surface area (Å²) < 4.78 is 5.89. The van der Waals surface area contributed by atoms with Crippen LogP contribution in [0.4, 0.5) is 0 Å². The molecule has 0 aliphatic rings. The van der Waals surface area contributed by atoms with Crippen LogP contribution in [0.25, 0.3) is 0 Å². The van der Waals surface area contributed by atoms with Crippen LogP contribution >= 0.6 is 0 Å². The molecule has 0 aliphatic heterocycles. The molecule has 0 saturated carbocycles. The van der Waals surface area contributed by atoms with Crippen LogP contribution in [0.1, 0.15) is 79.6 Å². The SMILES string of the molecule is CCCCC(CC)CC(O)C(CC)(CC)OCC. The standard InChI is InChI=1S/C16H34O2/c1-6-11-12-14(7-2)13-15(17)16(8-3,9-4)18-10-5/h14-15,17H,6-13H2,1-5H3. The average molecular weight is 258 g/mol. The number of aliphatic hydroxyl groups is 1. The first-order valence-corrected chi connectivity index (χ1v) is 7.92. The predicted octanol–water partition coefficient (Wildman–Crippen LogP) is 4.55. The van der Waals surface area contributed by atoms with Crippen molar-refractivity contribution in [2.75, 3.05) is 6.61 Å². The van der Waals surface area contributed by atoms with Gasteiger partial charge in [-0.2, -0.15) is 0 Å². The molecule has 0 rings (SSSR count). The van der Waals surface area contributed by atoms with Gasteiger partial charge in [0.1, 0.15) is 0 Å². The summed E-state index contributed by atoms with van der Waals surface area (Å²) in [5.41, 5.74) is -0.325. The predicted molar refractivity (Wildman–Crippen MR) is 78.9 cm³/mol. The van der Waals surface area contributed by atoms with Crippen LogP contribution in [0, 0.1) is 5.92 Å². The lowest BCUT2D eigenvalue weighted by Gasteiger charge is -2.38. The smallest absolute Gasteiger partial charge is 0.0934 e. The molecule has 2 unspecified atom stereocenters. The van der Waals surface area contributed by atoms with Crippen molar-refractivity contribution in [2.24, 2.45) is 5.92 Å². The highest BCUT2D eigenvalue weighted by atomic mass is 16.5. The molecule has 0 saturated heterocycles. The van der Waals surface area contributed by atoms with E-state index in [0.717, 1.165) is 25.7 Å². The Morgan fingerprint density at radius 3 is 2.06 bits per heavy atom. The molecule has 0 fully saturated rings. The minimum Gasteiger partial charge on any atom is -0.390 e. The van der Waals surface area contributed by atoms with E-state index in [0.29, 0.717) is 12.5 Å². The van der Waals surface area contributed by atoms with Crippen LogP contribution in [-0.2, 0) is 4.74 Å². The van der Waals surface area contributed by atoms with Crippen LogP contribution in [-0.4, -0.2) is 23.4 Å². The minimum absolute atomic E-state index is 0.325. The van der Waals surface area contributed by atoms with Crippen molar-refractivity contribution in [3.05, 3.63) is 0 Å². The quantitative estimate of drug-likeness (QED) is 0.589. The van der Waals surface area contributed by atoms with Gasteiger partial charge in [0, 0.05) is 6.61 Å². The first-order chi connectivity index (χ1) is 8.60. The summed E-state index contributed by atoms with van der Waals surface area (Å²) >= 11 is 0. The molecule has 0 aliphatic carbocycles. The number of hydrogen-bond acceptors (Lipinski definition) is 2. The molecule has 1 N–H and O–H groups in total. The fourth-order valence-electron chi connectivity index (χ4n) is 2.82. The molecule has 0 amide bonds. The van der Waals surface area contributed by atoms with Crippen LogP contribution < -0.4 is 0 Å². The van der Waals surface area contributed by atoms with Gasteiger partial charge in [0.25, 0.3) is 0 Å². The van der Waals surface area contributed by atoms with Crippen molar-refractivity contribution in [3.8, 4) is 0 Å². The highest BCUT2D eigenvalue weighted by Crippen LogP contribution is 2.31. The molecule has 0 heterocycles. The first kappa shape index (κ1) is 17.9. The number of unbranched alkanes of at least 4 members (excludes halogenated alkanes) is 1. The van der Waals surface area contributed by atoms with Gasteiger partial charge in [-0.25, -0.2) is 0 Å². The topological polar surface area (TPSA) is 29.5 Å². The van der Waals surface area contributed by atoms with Crippen LogP contribution in [0.5, 0.6) is 0 Å². The molecule has 2 heteroatoms. The fraction of sp³-hybridized carbons (Fsp3) is 1.00. The molecule has 0 aromatic heterocycles. The maximum absolute atomic E-state index is 10.6. The molecule has 0 bridgehead atoms. The number of ether oxygens (including phenoxy) is 1. The van der Waals surface area contributed by atoms with E-state index in [1.165, 1.54) is 19.3 Å². The molecular weight excluding hydrogens is 224 g/mol. The maximum atomic E-state index is 10.6. The molecular formula is C16H34O2. The fourth-order valence-corrected chi connectivity index (χ4v) is 2.82. The third kappa shape index (κ3) is 5.27. The molecule has 2 nitrogen and oxygen atoms in total.